The van der Waals surface area contributed by atoms with Gasteiger partial charge in [-0.1, -0.05) is 53.9 Å². The molecule has 1 amide bonds. The van der Waals surface area contributed by atoms with E-state index < -0.39 is 5.97 Å². The lowest BCUT2D eigenvalue weighted by molar-refractivity contribution is 0.0518. The summed E-state index contributed by atoms with van der Waals surface area (Å²) in [5.74, 6) is 0.0180. The molecule has 0 aliphatic heterocycles. The lowest BCUT2D eigenvalue weighted by Crippen LogP contribution is -2.29. The maximum absolute atomic E-state index is 12.6. The Morgan fingerprint density at radius 2 is 1.81 bits per heavy atom. The van der Waals surface area contributed by atoms with E-state index in [1.807, 2.05) is 12.1 Å². The van der Waals surface area contributed by atoms with Crippen LogP contribution in [0, 0.1) is 5.92 Å². The number of nitrogens with zero attached hydrogens (tertiary/aromatic N) is 2. The number of carbonyl (C=O) groups excluding carboxylic acids is 2. The largest absolute Gasteiger partial charge is 0.461 e. The van der Waals surface area contributed by atoms with Gasteiger partial charge in [0.05, 0.1) is 18.0 Å². The topological polar surface area (TPSA) is 73.2 Å². The minimum atomic E-state index is -0.434. The lowest BCUT2D eigenvalue weighted by atomic mass is 9.91. The molecule has 0 fully saturated rings. The van der Waals surface area contributed by atoms with E-state index in [4.69, 9.17) is 4.74 Å². The Labute approximate surface area is 186 Å². The predicted octanol–water partition coefficient (Wildman–Crippen LogP) is 5.29. The van der Waals surface area contributed by atoms with E-state index in [1.54, 1.807) is 29.8 Å². The van der Waals surface area contributed by atoms with Crippen LogP contribution in [0.5, 0.6) is 0 Å². The number of nitrogens with one attached hydrogen (secondary N) is 1. The second kappa shape index (κ2) is 11.1. The van der Waals surface area contributed by atoms with Crippen molar-refractivity contribution in [2.45, 2.75) is 72.6 Å². The Hall–Kier alpha value is -2.63. The molecule has 2 aromatic rings. The molecule has 0 spiro atoms. The van der Waals surface area contributed by atoms with Crippen molar-refractivity contribution in [3.05, 3.63) is 47.3 Å². The summed E-state index contributed by atoms with van der Waals surface area (Å²) in [6, 6.07) is 9.10. The molecule has 0 bridgehead atoms. The van der Waals surface area contributed by atoms with Gasteiger partial charge in [-0.05, 0) is 49.6 Å². The summed E-state index contributed by atoms with van der Waals surface area (Å²) < 4.78 is 6.86. The summed E-state index contributed by atoms with van der Waals surface area (Å²) >= 11 is 0. The van der Waals surface area contributed by atoms with Crippen LogP contribution in [-0.4, -0.2) is 34.8 Å². The molecule has 1 aromatic carbocycles. The number of esters is 1. The molecule has 0 saturated carbocycles. The molecular weight excluding hydrogens is 390 g/mol. The molecule has 31 heavy (non-hydrogen) atoms. The third-order valence-corrected chi connectivity index (χ3v) is 5.43. The fourth-order valence-electron chi connectivity index (χ4n) is 3.45. The average molecular weight is 428 g/mol. The molecule has 0 aliphatic carbocycles. The number of hydrogen-bond donors (Lipinski definition) is 1. The normalized spacial score (nSPS) is 12.5. The van der Waals surface area contributed by atoms with E-state index >= 15 is 0 Å². The third-order valence-electron chi connectivity index (χ3n) is 5.43. The van der Waals surface area contributed by atoms with Crippen molar-refractivity contribution in [1.29, 1.82) is 0 Å². The van der Waals surface area contributed by atoms with Crippen LogP contribution in [-0.2, 0) is 10.2 Å². The van der Waals surface area contributed by atoms with Crippen LogP contribution in [0.4, 0.5) is 0 Å². The van der Waals surface area contributed by atoms with Crippen LogP contribution < -0.4 is 5.32 Å². The quantitative estimate of drug-likeness (QED) is 0.523. The van der Waals surface area contributed by atoms with Crippen LogP contribution in [0.3, 0.4) is 0 Å². The number of rotatable bonds is 10. The molecule has 0 radical (unpaired) electrons. The maximum atomic E-state index is 12.6. The van der Waals surface area contributed by atoms with Crippen molar-refractivity contribution in [2.24, 2.45) is 5.92 Å². The number of unbranched alkanes of at least 4 members (excludes halogenated alkanes) is 1. The molecule has 2 rings (SSSR count). The smallest absolute Gasteiger partial charge is 0.358 e. The van der Waals surface area contributed by atoms with Crippen molar-refractivity contribution in [3.63, 3.8) is 0 Å². The van der Waals surface area contributed by atoms with Gasteiger partial charge in [0.1, 0.15) is 0 Å². The molecule has 1 unspecified atom stereocenters. The second-order valence-electron chi connectivity index (χ2n) is 8.97. The van der Waals surface area contributed by atoms with Crippen molar-refractivity contribution in [2.75, 3.05) is 13.2 Å². The zero-order valence-electron chi connectivity index (χ0n) is 19.8. The SMILES string of the molecule is CCCCC(CC)CNC(=O)c1ccc(-n2nc(C(=O)OCC)cc2C(C)(C)C)cc1. The van der Waals surface area contributed by atoms with Gasteiger partial charge < -0.3 is 10.1 Å². The Kier molecular flexibility index (Phi) is 8.84. The molecule has 0 saturated heterocycles. The second-order valence-corrected chi connectivity index (χ2v) is 8.97. The summed E-state index contributed by atoms with van der Waals surface area (Å²) in [6.07, 6.45) is 4.57. The first-order valence-corrected chi connectivity index (χ1v) is 11.4. The summed E-state index contributed by atoms with van der Waals surface area (Å²) in [5, 5.41) is 7.54. The van der Waals surface area contributed by atoms with E-state index in [-0.39, 0.29) is 17.0 Å². The van der Waals surface area contributed by atoms with Gasteiger partial charge >= 0.3 is 5.97 Å². The van der Waals surface area contributed by atoms with Gasteiger partial charge in [-0.15, -0.1) is 0 Å². The molecular formula is C25H37N3O3. The highest BCUT2D eigenvalue weighted by atomic mass is 16.5. The number of hydrogen-bond acceptors (Lipinski definition) is 4. The van der Waals surface area contributed by atoms with Gasteiger partial charge in [0.2, 0.25) is 0 Å². The van der Waals surface area contributed by atoms with E-state index in [0.29, 0.717) is 24.6 Å². The van der Waals surface area contributed by atoms with Gasteiger partial charge in [-0.3, -0.25) is 4.79 Å². The standard InChI is InChI=1S/C25H37N3O3/c1-7-10-11-18(8-2)17-26-23(29)19-12-14-20(15-13-19)28-22(25(4,5)6)16-21(27-28)24(30)31-9-3/h12-16,18H,7-11,17H2,1-6H3,(H,26,29). The highest BCUT2D eigenvalue weighted by Crippen LogP contribution is 2.26. The fourth-order valence-corrected chi connectivity index (χ4v) is 3.45. The van der Waals surface area contributed by atoms with Crippen molar-refractivity contribution < 1.29 is 14.3 Å². The zero-order valence-corrected chi connectivity index (χ0v) is 19.8. The molecule has 0 aliphatic rings. The zero-order chi connectivity index (χ0) is 23.0. The maximum Gasteiger partial charge on any atom is 0.358 e. The summed E-state index contributed by atoms with van der Waals surface area (Å²) in [6.45, 7) is 13.3. The van der Waals surface area contributed by atoms with E-state index in [0.717, 1.165) is 24.2 Å². The first kappa shape index (κ1) is 24.6. The van der Waals surface area contributed by atoms with Gasteiger partial charge in [0.25, 0.3) is 5.91 Å². The third kappa shape index (κ3) is 6.68. The van der Waals surface area contributed by atoms with E-state index in [1.165, 1.54) is 12.8 Å². The minimum Gasteiger partial charge on any atom is -0.461 e. The Bertz CT molecular complexity index is 863. The van der Waals surface area contributed by atoms with Crippen molar-refractivity contribution in [1.82, 2.24) is 15.1 Å². The number of ether oxygens (including phenoxy) is 1. The number of carbonyl (C=O) groups is 2. The van der Waals surface area contributed by atoms with Crippen LogP contribution in [0.25, 0.3) is 5.69 Å². The van der Waals surface area contributed by atoms with Crippen LogP contribution in [0.1, 0.15) is 93.8 Å². The predicted molar refractivity (Wildman–Crippen MR) is 124 cm³/mol. The van der Waals surface area contributed by atoms with Crippen molar-refractivity contribution >= 4 is 11.9 Å². The fraction of sp³-hybridized carbons (Fsp3) is 0.560. The molecule has 6 nitrogen and oxygen atoms in total. The van der Waals surface area contributed by atoms with Crippen LogP contribution in [0.15, 0.2) is 30.3 Å². The number of aromatic nitrogens is 2. The van der Waals surface area contributed by atoms with Gasteiger partial charge in [-0.2, -0.15) is 5.10 Å². The average Bonchev–Trinajstić information content (AvgIpc) is 3.20. The van der Waals surface area contributed by atoms with E-state index in [2.05, 4.69) is 45.0 Å². The van der Waals surface area contributed by atoms with Crippen LogP contribution >= 0.6 is 0 Å². The lowest BCUT2D eigenvalue weighted by Gasteiger charge is -2.20. The van der Waals surface area contributed by atoms with E-state index in [9.17, 15) is 9.59 Å². The number of benzene rings is 1. The molecule has 1 aromatic heterocycles. The highest BCUT2D eigenvalue weighted by Gasteiger charge is 2.25. The molecule has 1 N–H and O–H groups in total. The van der Waals surface area contributed by atoms with Gasteiger partial charge in [0.15, 0.2) is 5.69 Å². The Morgan fingerprint density at radius 1 is 1.13 bits per heavy atom. The first-order valence-electron chi connectivity index (χ1n) is 11.4. The summed E-state index contributed by atoms with van der Waals surface area (Å²) in [5.41, 5.74) is 2.37. The number of amides is 1. The Morgan fingerprint density at radius 3 is 2.35 bits per heavy atom. The molecule has 1 atom stereocenters. The minimum absolute atomic E-state index is 0.0646. The van der Waals surface area contributed by atoms with Gasteiger partial charge in [-0.25, -0.2) is 9.48 Å². The monoisotopic (exact) mass is 427 g/mol. The molecule has 6 heteroatoms. The summed E-state index contributed by atoms with van der Waals surface area (Å²) in [4.78, 5) is 24.8. The van der Waals surface area contributed by atoms with Crippen molar-refractivity contribution in [3.8, 4) is 5.69 Å². The molecule has 170 valence electrons. The summed E-state index contributed by atoms with van der Waals surface area (Å²) in [7, 11) is 0. The first-order chi connectivity index (χ1) is 14.7. The van der Waals surface area contributed by atoms with Gasteiger partial charge in [0, 0.05) is 17.5 Å². The molecule has 1 heterocycles. The Balaban J connectivity index is 2.19. The van der Waals surface area contributed by atoms with Crippen LogP contribution in [0.2, 0.25) is 0 Å². The highest BCUT2D eigenvalue weighted by molar-refractivity contribution is 5.94.